The van der Waals surface area contributed by atoms with Gasteiger partial charge >= 0.3 is 11.9 Å². The molecule has 0 amide bonds. The van der Waals surface area contributed by atoms with E-state index in [4.69, 9.17) is 9.47 Å². The van der Waals surface area contributed by atoms with Gasteiger partial charge in [0, 0.05) is 0 Å². The lowest BCUT2D eigenvalue weighted by Gasteiger charge is -2.22. The predicted molar refractivity (Wildman–Crippen MR) is 83.8 cm³/mol. The van der Waals surface area contributed by atoms with Gasteiger partial charge < -0.3 is 9.47 Å². The quantitative estimate of drug-likeness (QED) is 0.311. The summed E-state index contributed by atoms with van der Waals surface area (Å²) < 4.78 is 9.65. The summed E-state index contributed by atoms with van der Waals surface area (Å²) in [5, 5.41) is 0. The molecule has 122 valence electrons. The number of hydrogen-bond acceptors (Lipinski definition) is 4. The Morgan fingerprint density at radius 3 is 2.00 bits per heavy atom. The number of esters is 2. The Labute approximate surface area is 128 Å². The first-order chi connectivity index (χ1) is 10.1. The van der Waals surface area contributed by atoms with Gasteiger partial charge in [-0.1, -0.05) is 51.5 Å². The van der Waals surface area contributed by atoms with Gasteiger partial charge in [0.25, 0.3) is 0 Å². The Morgan fingerprint density at radius 2 is 1.48 bits per heavy atom. The van der Waals surface area contributed by atoms with Crippen molar-refractivity contribution < 1.29 is 19.1 Å². The lowest BCUT2D eigenvalue weighted by molar-refractivity contribution is -0.157. The first-order valence-electron chi connectivity index (χ1n) is 7.88. The van der Waals surface area contributed by atoms with Crippen molar-refractivity contribution in [2.24, 2.45) is 11.8 Å². The van der Waals surface area contributed by atoms with E-state index >= 15 is 0 Å². The highest BCUT2D eigenvalue weighted by molar-refractivity contribution is 5.82. The molecule has 0 spiro atoms. The van der Waals surface area contributed by atoms with Gasteiger partial charge in [0.2, 0.25) is 0 Å². The first-order valence-corrected chi connectivity index (χ1v) is 7.88. The first kappa shape index (κ1) is 19.7. The van der Waals surface area contributed by atoms with E-state index in [-0.39, 0.29) is 11.9 Å². The van der Waals surface area contributed by atoms with E-state index in [0.29, 0.717) is 12.8 Å². The molecular weight excluding hydrogens is 268 g/mol. The number of allylic oxidation sites excluding steroid dienone is 1. The minimum atomic E-state index is -0.490. The van der Waals surface area contributed by atoms with E-state index in [2.05, 4.69) is 13.5 Å². The summed E-state index contributed by atoms with van der Waals surface area (Å²) in [5.74, 6) is -1.63. The molecule has 0 radical (unpaired) electrons. The fourth-order valence-corrected chi connectivity index (χ4v) is 2.53. The number of hydrogen-bond donors (Lipinski definition) is 0. The van der Waals surface area contributed by atoms with E-state index in [1.54, 1.807) is 6.08 Å². The molecule has 21 heavy (non-hydrogen) atoms. The van der Waals surface area contributed by atoms with Crippen molar-refractivity contribution in [1.82, 2.24) is 0 Å². The van der Waals surface area contributed by atoms with E-state index in [9.17, 15) is 9.59 Å². The Morgan fingerprint density at radius 1 is 0.952 bits per heavy atom. The lowest BCUT2D eigenvalue weighted by Crippen LogP contribution is -2.31. The maximum atomic E-state index is 12.0. The van der Waals surface area contributed by atoms with Gasteiger partial charge in [0.1, 0.15) is 0 Å². The maximum absolute atomic E-state index is 12.0. The zero-order valence-electron chi connectivity index (χ0n) is 13.7. The second-order valence-corrected chi connectivity index (χ2v) is 5.34. The molecule has 0 aromatic rings. The number of ether oxygens (including phenoxy) is 2. The highest BCUT2D eigenvalue weighted by Crippen LogP contribution is 2.25. The third kappa shape index (κ3) is 7.88. The Balaban J connectivity index is 4.51. The van der Waals surface area contributed by atoms with Gasteiger partial charge in [-0.3, -0.25) is 9.59 Å². The second-order valence-electron chi connectivity index (χ2n) is 5.34. The van der Waals surface area contributed by atoms with Crippen LogP contribution < -0.4 is 0 Å². The number of methoxy groups -OCH3 is 2. The molecule has 0 saturated carbocycles. The molecule has 0 saturated heterocycles. The molecule has 4 nitrogen and oxygen atoms in total. The van der Waals surface area contributed by atoms with Gasteiger partial charge in [-0.15, -0.1) is 6.58 Å². The minimum absolute atomic E-state index is 0.333. The van der Waals surface area contributed by atoms with E-state index in [1.165, 1.54) is 39.9 Å². The summed E-state index contributed by atoms with van der Waals surface area (Å²) in [5.41, 5.74) is 0. The van der Waals surface area contributed by atoms with Crippen LogP contribution in [0.25, 0.3) is 0 Å². The summed E-state index contributed by atoms with van der Waals surface area (Å²) in [4.78, 5) is 23.8. The standard InChI is InChI=1S/C17H30O4/c1-5-7-8-9-10-11-13-15(17(19)21-4)14(12-6-2)16(18)20-3/h6,14-15H,2,5,7-13H2,1,3-4H3/t14-,15+/m1/s1. The number of carbonyl (C=O) groups is 2. The highest BCUT2D eigenvalue weighted by atomic mass is 16.5. The maximum Gasteiger partial charge on any atom is 0.309 e. The van der Waals surface area contributed by atoms with Crippen LogP contribution in [0.2, 0.25) is 0 Å². The number of rotatable bonds is 12. The summed E-state index contributed by atoms with van der Waals surface area (Å²) in [6.45, 7) is 5.84. The van der Waals surface area contributed by atoms with Crippen molar-refractivity contribution in [3.63, 3.8) is 0 Å². The molecule has 0 aliphatic rings. The van der Waals surface area contributed by atoms with Crippen molar-refractivity contribution in [3.8, 4) is 0 Å². The van der Waals surface area contributed by atoms with Crippen molar-refractivity contribution in [3.05, 3.63) is 12.7 Å². The van der Waals surface area contributed by atoms with Crippen LogP contribution in [-0.4, -0.2) is 26.2 Å². The van der Waals surface area contributed by atoms with E-state index in [1.807, 2.05) is 0 Å². The van der Waals surface area contributed by atoms with Gasteiger partial charge in [0.05, 0.1) is 26.1 Å². The topological polar surface area (TPSA) is 52.6 Å². The molecule has 0 aliphatic heterocycles. The molecule has 0 rings (SSSR count). The molecule has 0 N–H and O–H groups in total. The Bertz CT molecular complexity index is 312. The largest absolute Gasteiger partial charge is 0.469 e. The summed E-state index contributed by atoms with van der Waals surface area (Å²) in [7, 11) is 2.70. The zero-order chi connectivity index (χ0) is 16.1. The van der Waals surface area contributed by atoms with Crippen molar-refractivity contribution in [2.45, 2.75) is 58.3 Å². The molecule has 0 aromatic heterocycles. The molecule has 0 fully saturated rings. The van der Waals surface area contributed by atoms with Crippen LogP contribution in [0.4, 0.5) is 0 Å². The van der Waals surface area contributed by atoms with Crippen LogP contribution in [0.5, 0.6) is 0 Å². The van der Waals surface area contributed by atoms with Crippen LogP contribution >= 0.6 is 0 Å². The minimum Gasteiger partial charge on any atom is -0.469 e. The number of carbonyl (C=O) groups excluding carboxylic acids is 2. The monoisotopic (exact) mass is 298 g/mol. The Kier molecular flexibility index (Phi) is 11.6. The van der Waals surface area contributed by atoms with Gasteiger partial charge in [0.15, 0.2) is 0 Å². The number of unbranched alkanes of at least 4 members (excludes halogenated alkanes) is 5. The molecule has 0 heterocycles. The van der Waals surface area contributed by atoms with E-state index in [0.717, 1.165) is 12.8 Å². The third-order valence-electron chi connectivity index (χ3n) is 3.78. The highest BCUT2D eigenvalue weighted by Gasteiger charge is 2.33. The van der Waals surface area contributed by atoms with Crippen LogP contribution in [-0.2, 0) is 19.1 Å². The van der Waals surface area contributed by atoms with Gasteiger partial charge in [-0.2, -0.15) is 0 Å². The molecule has 2 atom stereocenters. The van der Waals surface area contributed by atoms with Crippen molar-refractivity contribution >= 4 is 11.9 Å². The molecule has 0 aromatic carbocycles. The van der Waals surface area contributed by atoms with Crippen molar-refractivity contribution in [1.29, 1.82) is 0 Å². The molecule has 0 bridgehead atoms. The molecule has 4 heteroatoms. The molecular formula is C17H30O4. The smallest absolute Gasteiger partial charge is 0.309 e. The Hall–Kier alpha value is -1.32. The van der Waals surface area contributed by atoms with Crippen LogP contribution in [0.1, 0.15) is 58.3 Å². The fourth-order valence-electron chi connectivity index (χ4n) is 2.53. The van der Waals surface area contributed by atoms with Crippen molar-refractivity contribution in [2.75, 3.05) is 14.2 Å². The fraction of sp³-hybridized carbons (Fsp3) is 0.765. The normalized spacial score (nSPS) is 13.3. The average Bonchev–Trinajstić information content (AvgIpc) is 2.51. The predicted octanol–water partition coefficient (Wildman–Crippen LogP) is 3.89. The van der Waals surface area contributed by atoms with Gasteiger partial charge in [-0.25, -0.2) is 0 Å². The summed E-state index contributed by atoms with van der Waals surface area (Å²) >= 11 is 0. The molecule has 0 aliphatic carbocycles. The van der Waals surface area contributed by atoms with Gasteiger partial charge in [-0.05, 0) is 12.8 Å². The van der Waals surface area contributed by atoms with E-state index < -0.39 is 11.8 Å². The lowest BCUT2D eigenvalue weighted by atomic mass is 9.85. The summed E-state index contributed by atoms with van der Waals surface area (Å²) in [6.07, 6.45) is 9.62. The SMILES string of the molecule is C=CC[C@@H](C(=O)OC)[C@H](CCCCCCCC)C(=O)OC. The zero-order valence-corrected chi connectivity index (χ0v) is 13.7. The van der Waals surface area contributed by atoms with Crippen LogP contribution in [0.15, 0.2) is 12.7 Å². The average molecular weight is 298 g/mol. The molecule has 0 unspecified atom stereocenters. The van der Waals surface area contributed by atoms with Crippen LogP contribution in [0.3, 0.4) is 0 Å². The summed E-state index contributed by atoms with van der Waals surface area (Å²) in [6, 6.07) is 0. The van der Waals surface area contributed by atoms with Crippen LogP contribution in [0, 0.1) is 11.8 Å². The third-order valence-corrected chi connectivity index (χ3v) is 3.78. The second kappa shape index (κ2) is 12.4.